The minimum absolute atomic E-state index is 0.373. The summed E-state index contributed by atoms with van der Waals surface area (Å²) in [6, 6.07) is 7.08. The van der Waals surface area contributed by atoms with Crippen LogP contribution < -0.4 is 5.73 Å². The Morgan fingerprint density at radius 3 is 2.60 bits per heavy atom. The van der Waals surface area contributed by atoms with Crippen LogP contribution in [0.25, 0.3) is 16.7 Å². The van der Waals surface area contributed by atoms with E-state index in [1.807, 2.05) is 10.6 Å². The lowest BCUT2D eigenvalue weighted by Crippen LogP contribution is -2.00. The third-order valence-electron chi connectivity index (χ3n) is 3.49. The van der Waals surface area contributed by atoms with Crippen LogP contribution >= 0.6 is 15.9 Å². The number of nitrogen functional groups attached to an aromatic ring is 1. The molecule has 0 aliphatic rings. The molecule has 0 radical (unpaired) electrons. The molecule has 0 amide bonds. The summed E-state index contributed by atoms with van der Waals surface area (Å²) in [5.74, 6) is -0.373. The minimum Gasteiger partial charge on any atom is -0.397 e. The van der Waals surface area contributed by atoms with Gasteiger partial charge in [0.2, 0.25) is 0 Å². The maximum atomic E-state index is 13.5. The molecule has 0 aliphatic carbocycles. The number of imidazole rings is 1. The van der Waals surface area contributed by atoms with E-state index in [9.17, 15) is 4.39 Å². The number of fused-ring (bicyclic) bond motifs is 1. The summed E-state index contributed by atoms with van der Waals surface area (Å²) in [6.07, 6.45) is 1.71. The van der Waals surface area contributed by atoms with Crippen LogP contribution in [0.2, 0.25) is 0 Å². The molecule has 2 aromatic carbocycles. The highest BCUT2D eigenvalue weighted by Gasteiger charge is 2.11. The maximum Gasteiger partial charge on any atom is 0.139 e. The fourth-order valence-electron chi connectivity index (χ4n) is 2.22. The Hall–Kier alpha value is -1.88. The van der Waals surface area contributed by atoms with Crippen molar-refractivity contribution in [3.05, 3.63) is 52.0 Å². The summed E-state index contributed by atoms with van der Waals surface area (Å²) in [6.45, 7) is 4.10. The van der Waals surface area contributed by atoms with Gasteiger partial charge in [0.05, 0.1) is 26.9 Å². The number of nitrogens with zero attached hydrogens (tertiary/aromatic N) is 2. The number of hydrogen-bond donors (Lipinski definition) is 1. The first-order valence-electron chi connectivity index (χ1n) is 6.16. The van der Waals surface area contributed by atoms with Crippen molar-refractivity contribution in [3.63, 3.8) is 0 Å². The molecule has 0 saturated heterocycles. The van der Waals surface area contributed by atoms with Gasteiger partial charge < -0.3 is 5.73 Å². The molecule has 0 bridgehead atoms. The first-order valence-corrected chi connectivity index (χ1v) is 6.96. The Labute approximate surface area is 124 Å². The van der Waals surface area contributed by atoms with Crippen LogP contribution in [0, 0.1) is 19.7 Å². The summed E-state index contributed by atoms with van der Waals surface area (Å²) < 4.78 is 15.7. The van der Waals surface area contributed by atoms with Gasteiger partial charge >= 0.3 is 0 Å². The smallest absolute Gasteiger partial charge is 0.139 e. The van der Waals surface area contributed by atoms with Crippen LogP contribution in [0.5, 0.6) is 0 Å². The van der Waals surface area contributed by atoms with Gasteiger partial charge in [-0.15, -0.1) is 0 Å². The molecule has 1 heterocycles. The Bertz CT molecular complexity index is 824. The fraction of sp³-hybridized carbons (Fsp3) is 0.133. The average Bonchev–Trinajstić information content (AvgIpc) is 2.77. The van der Waals surface area contributed by atoms with Gasteiger partial charge in [-0.1, -0.05) is 0 Å². The number of nitrogens with two attached hydrogens (primary N) is 1. The summed E-state index contributed by atoms with van der Waals surface area (Å²) >= 11 is 3.19. The van der Waals surface area contributed by atoms with E-state index in [-0.39, 0.29) is 5.82 Å². The highest BCUT2D eigenvalue weighted by Crippen LogP contribution is 2.29. The van der Waals surface area contributed by atoms with E-state index in [0.29, 0.717) is 15.8 Å². The lowest BCUT2D eigenvalue weighted by atomic mass is 10.1. The normalized spacial score (nSPS) is 11.2. The molecule has 0 saturated carbocycles. The number of aromatic nitrogens is 2. The first kappa shape index (κ1) is 13.1. The van der Waals surface area contributed by atoms with Crippen molar-refractivity contribution in [1.82, 2.24) is 9.55 Å². The van der Waals surface area contributed by atoms with Crippen molar-refractivity contribution in [3.8, 4) is 5.69 Å². The average molecular weight is 334 g/mol. The Kier molecular flexibility index (Phi) is 3.01. The number of anilines is 1. The highest BCUT2D eigenvalue weighted by atomic mass is 79.9. The van der Waals surface area contributed by atoms with Crippen LogP contribution in [0.4, 0.5) is 10.1 Å². The summed E-state index contributed by atoms with van der Waals surface area (Å²) in [5.41, 5.74) is 11.2. The largest absolute Gasteiger partial charge is 0.397 e. The highest BCUT2D eigenvalue weighted by molar-refractivity contribution is 9.10. The van der Waals surface area contributed by atoms with E-state index in [1.54, 1.807) is 12.4 Å². The number of rotatable bonds is 1. The zero-order valence-corrected chi connectivity index (χ0v) is 12.7. The van der Waals surface area contributed by atoms with Crippen molar-refractivity contribution in [2.75, 3.05) is 5.73 Å². The van der Waals surface area contributed by atoms with Crippen molar-refractivity contribution in [1.29, 1.82) is 0 Å². The molecular weight excluding hydrogens is 321 g/mol. The molecular formula is C15H13BrFN3. The standard InChI is InChI=1S/C15H13BrFN3/c1-8-3-13-15(4-9(8)2)20(7-19-13)14-5-10(16)11(17)6-12(14)18/h3-7H,18H2,1-2H3. The van der Waals surface area contributed by atoms with Crippen LogP contribution in [0.3, 0.4) is 0 Å². The fourth-order valence-corrected chi connectivity index (χ4v) is 2.55. The molecule has 0 aliphatic heterocycles. The predicted molar refractivity (Wildman–Crippen MR) is 82.6 cm³/mol. The van der Waals surface area contributed by atoms with Gasteiger partial charge in [0.15, 0.2) is 0 Å². The molecule has 2 N–H and O–H groups in total. The van der Waals surface area contributed by atoms with Gasteiger partial charge in [-0.25, -0.2) is 9.37 Å². The van der Waals surface area contributed by atoms with Crippen LogP contribution in [-0.2, 0) is 0 Å². The number of aryl methyl sites for hydroxylation is 2. The predicted octanol–water partition coefficient (Wildman–Crippen LogP) is 4.13. The Morgan fingerprint density at radius 1 is 1.15 bits per heavy atom. The second-order valence-electron chi connectivity index (χ2n) is 4.86. The van der Waals surface area contributed by atoms with E-state index >= 15 is 0 Å². The lowest BCUT2D eigenvalue weighted by molar-refractivity contribution is 0.621. The quantitative estimate of drug-likeness (QED) is 0.680. The molecule has 1 aromatic heterocycles. The molecule has 20 heavy (non-hydrogen) atoms. The van der Waals surface area contributed by atoms with Crippen molar-refractivity contribution < 1.29 is 4.39 Å². The van der Waals surface area contributed by atoms with Gasteiger partial charge in [0.1, 0.15) is 12.1 Å². The third kappa shape index (κ3) is 1.98. The van der Waals surface area contributed by atoms with Crippen molar-refractivity contribution >= 4 is 32.7 Å². The third-order valence-corrected chi connectivity index (χ3v) is 4.10. The SMILES string of the molecule is Cc1cc2ncn(-c3cc(Br)c(F)cc3N)c2cc1C. The van der Waals surface area contributed by atoms with Gasteiger partial charge in [0.25, 0.3) is 0 Å². The van der Waals surface area contributed by atoms with Gasteiger partial charge in [0, 0.05) is 6.07 Å². The molecule has 3 aromatic rings. The molecule has 3 nitrogen and oxygen atoms in total. The van der Waals surface area contributed by atoms with E-state index in [4.69, 9.17) is 5.73 Å². The van der Waals surface area contributed by atoms with Gasteiger partial charge in [-0.3, -0.25) is 4.57 Å². The topological polar surface area (TPSA) is 43.8 Å². The number of hydrogen-bond acceptors (Lipinski definition) is 2. The molecule has 0 atom stereocenters. The summed E-state index contributed by atoms with van der Waals surface area (Å²) in [7, 11) is 0. The monoisotopic (exact) mass is 333 g/mol. The number of halogens is 2. The second-order valence-corrected chi connectivity index (χ2v) is 5.72. The second kappa shape index (κ2) is 4.59. The van der Waals surface area contributed by atoms with Crippen LogP contribution in [-0.4, -0.2) is 9.55 Å². The van der Waals surface area contributed by atoms with Crippen molar-refractivity contribution in [2.45, 2.75) is 13.8 Å². The zero-order valence-electron chi connectivity index (χ0n) is 11.1. The maximum absolute atomic E-state index is 13.5. The molecule has 0 spiro atoms. The Morgan fingerprint density at radius 2 is 1.85 bits per heavy atom. The molecule has 0 unspecified atom stereocenters. The Balaban J connectivity index is 2.30. The van der Waals surface area contributed by atoms with E-state index in [2.05, 4.69) is 40.8 Å². The number of benzene rings is 2. The summed E-state index contributed by atoms with van der Waals surface area (Å²) in [5, 5.41) is 0. The zero-order chi connectivity index (χ0) is 14.4. The lowest BCUT2D eigenvalue weighted by Gasteiger charge is -2.10. The van der Waals surface area contributed by atoms with E-state index in [0.717, 1.165) is 11.0 Å². The van der Waals surface area contributed by atoms with Gasteiger partial charge in [-0.05, 0) is 59.1 Å². The summed E-state index contributed by atoms with van der Waals surface area (Å²) in [4.78, 5) is 4.39. The van der Waals surface area contributed by atoms with E-state index < -0.39 is 0 Å². The molecule has 5 heteroatoms. The molecule has 3 rings (SSSR count). The van der Waals surface area contributed by atoms with E-state index in [1.165, 1.54) is 17.2 Å². The molecule has 0 fully saturated rings. The van der Waals surface area contributed by atoms with Crippen molar-refractivity contribution in [2.24, 2.45) is 0 Å². The minimum atomic E-state index is -0.373. The van der Waals surface area contributed by atoms with Gasteiger partial charge in [-0.2, -0.15) is 0 Å². The first-order chi connectivity index (χ1) is 9.47. The molecule has 102 valence electrons. The van der Waals surface area contributed by atoms with Crippen LogP contribution in [0.15, 0.2) is 35.1 Å². The van der Waals surface area contributed by atoms with Crippen LogP contribution in [0.1, 0.15) is 11.1 Å².